The van der Waals surface area contributed by atoms with Crippen molar-refractivity contribution in [1.29, 1.82) is 0 Å². The molecule has 6 radical (unpaired) electrons. The van der Waals surface area contributed by atoms with Gasteiger partial charge in [-0.05, 0) is 49.5 Å². The van der Waals surface area contributed by atoms with Crippen LogP contribution in [0, 0.1) is 0 Å². The number of phenols is 1. The van der Waals surface area contributed by atoms with E-state index in [0.29, 0.717) is 32.1 Å². The van der Waals surface area contributed by atoms with E-state index in [2.05, 4.69) is 31.9 Å². The van der Waals surface area contributed by atoms with Crippen LogP contribution in [0.5, 0.6) is 5.75 Å². The van der Waals surface area contributed by atoms with Crippen LogP contribution in [0.25, 0.3) is 11.0 Å². The number of aryl methyl sites for hydroxylation is 1. The summed E-state index contributed by atoms with van der Waals surface area (Å²) in [6.07, 6.45) is 0.439. The van der Waals surface area contributed by atoms with E-state index in [4.69, 9.17) is 33.7 Å². The van der Waals surface area contributed by atoms with Crippen molar-refractivity contribution in [3.05, 3.63) is 38.0 Å². The zero-order valence-electron chi connectivity index (χ0n) is 13.7. The molecule has 0 aliphatic heterocycles. The third-order valence-electron chi connectivity index (χ3n) is 4.19. The minimum absolute atomic E-state index is 0.00454. The molecule has 0 aliphatic carbocycles. The number of benzene rings is 2. The first-order valence-electron chi connectivity index (χ1n) is 7.58. The van der Waals surface area contributed by atoms with Gasteiger partial charge >= 0.3 is 0 Å². The first-order chi connectivity index (χ1) is 12.2. The molecular weight excluding hydrogens is 458 g/mol. The minimum Gasteiger partial charge on any atom is -0.506 e. The zero-order valence-corrected chi connectivity index (χ0v) is 16.9. The minimum atomic E-state index is -0.336. The number of phenolic OH excluding ortho intramolecular Hbond substituents is 1. The summed E-state index contributed by atoms with van der Waals surface area (Å²) in [7, 11) is 18.1. The van der Waals surface area contributed by atoms with Crippen LogP contribution in [0.4, 0.5) is 5.69 Å². The number of ketones is 1. The van der Waals surface area contributed by atoms with Crippen LogP contribution in [0.2, 0.25) is 0 Å². The Morgan fingerprint density at radius 2 is 1.73 bits per heavy atom. The third-order valence-corrected chi connectivity index (χ3v) is 5.40. The van der Waals surface area contributed by atoms with Crippen LogP contribution in [0.3, 0.4) is 0 Å². The van der Waals surface area contributed by atoms with E-state index in [-0.39, 0.29) is 44.8 Å². The Hall–Kier alpha value is -1.60. The fourth-order valence-electron chi connectivity index (χ4n) is 2.80. The standard InChI is InChI=1S/C17H10B3Br2NO3/c1-2-8-9(15(24)5-3-6(21)16(25)7(22)4-5)10-11(18)12(19)14(23)13(20)17(10)26-8/h3-4,25H,2,23H2,1H3. The number of furan rings is 1. The van der Waals surface area contributed by atoms with Gasteiger partial charge < -0.3 is 15.3 Å². The molecule has 0 amide bonds. The second-order valence-corrected chi connectivity index (χ2v) is 7.44. The van der Waals surface area contributed by atoms with E-state index < -0.39 is 0 Å². The quantitative estimate of drug-likeness (QED) is 0.346. The third kappa shape index (κ3) is 2.81. The lowest BCUT2D eigenvalue weighted by molar-refractivity contribution is 0.103. The largest absolute Gasteiger partial charge is 0.506 e. The highest BCUT2D eigenvalue weighted by Gasteiger charge is 2.25. The van der Waals surface area contributed by atoms with Crippen molar-refractivity contribution in [3.8, 4) is 5.75 Å². The molecule has 0 aliphatic rings. The number of nitrogens with two attached hydrogens (primary N) is 1. The van der Waals surface area contributed by atoms with Gasteiger partial charge in [-0.25, -0.2) is 0 Å². The molecule has 3 rings (SSSR count). The van der Waals surface area contributed by atoms with Gasteiger partial charge in [0.25, 0.3) is 0 Å². The monoisotopic (exact) mass is 467 g/mol. The molecule has 0 saturated heterocycles. The molecule has 3 aromatic rings. The average molecular weight is 469 g/mol. The van der Waals surface area contributed by atoms with Crippen molar-refractivity contribution in [1.82, 2.24) is 0 Å². The van der Waals surface area contributed by atoms with Crippen molar-refractivity contribution in [2.24, 2.45) is 0 Å². The first-order valence-corrected chi connectivity index (χ1v) is 9.17. The van der Waals surface area contributed by atoms with Crippen LogP contribution in [0.1, 0.15) is 28.6 Å². The summed E-state index contributed by atoms with van der Waals surface area (Å²) >= 11 is 6.45. The molecule has 3 N–H and O–H groups in total. The van der Waals surface area contributed by atoms with Gasteiger partial charge in [-0.1, -0.05) is 17.8 Å². The van der Waals surface area contributed by atoms with Crippen LogP contribution >= 0.6 is 31.9 Å². The predicted octanol–water partition coefficient (Wildman–Crippen LogP) is 1.42. The highest BCUT2D eigenvalue weighted by atomic mass is 79.9. The highest BCUT2D eigenvalue weighted by Crippen LogP contribution is 2.35. The van der Waals surface area contributed by atoms with Crippen LogP contribution < -0.4 is 22.1 Å². The smallest absolute Gasteiger partial charge is 0.197 e. The van der Waals surface area contributed by atoms with Gasteiger partial charge in [-0.2, -0.15) is 0 Å². The van der Waals surface area contributed by atoms with E-state index >= 15 is 0 Å². The number of hydrogen-bond donors (Lipinski definition) is 2. The van der Waals surface area contributed by atoms with Crippen molar-refractivity contribution in [3.63, 3.8) is 0 Å². The molecule has 124 valence electrons. The van der Waals surface area contributed by atoms with Gasteiger partial charge in [0.1, 0.15) is 40.6 Å². The second kappa shape index (κ2) is 6.85. The lowest BCUT2D eigenvalue weighted by Gasteiger charge is -2.12. The molecule has 0 fully saturated rings. The molecule has 0 atom stereocenters. The molecule has 0 saturated carbocycles. The number of hydrogen-bond acceptors (Lipinski definition) is 4. The van der Waals surface area contributed by atoms with Crippen LogP contribution in [-0.2, 0) is 6.42 Å². The molecule has 0 spiro atoms. The number of nitrogen functional groups attached to an aromatic ring is 1. The van der Waals surface area contributed by atoms with Gasteiger partial charge in [0.15, 0.2) is 5.78 Å². The van der Waals surface area contributed by atoms with E-state index in [1.165, 1.54) is 12.1 Å². The van der Waals surface area contributed by atoms with Crippen molar-refractivity contribution in [2.75, 3.05) is 5.73 Å². The highest BCUT2D eigenvalue weighted by molar-refractivity contribution is 9.11. The summed E-state index contributed by atoms with van der Waals surface area (Å²) in [4.78, 5) is 13.2. The van der Waals surface area contributed by atoms with Gasteiger partial charge in [0.05, 0.1) is 14.5 Å². The van der Waals surface area contributed by atoms with Crippen molar-refractivity contribution >= 4 is 94.2 Å². The molecular formula is C17H10B3Br2NO3. The number of halogens is 2. The fourth-order valence-corrected chi connectivity index (χ4v) is 3.99. The molecule has 1 aromatic heterocycles. The molecule has 9 heteroatoms. The number of carbonyl (C=O) groups is 1. The zero-order chi connectivity index (χ0) is 19.3. The summed E-state index contributed by atoms with van der Waals surface area (Å²) in [6.45, 7) is 1.84. The lowest BCUT2D eigenvalue weighted by Crippen LogP contribution is -2.35. The second-order valence-electron chi connectivity index (χ2n) is 5.73. The number of fused-ring (bicyclic) bond motifs is 1. The van der Waals surface area contributed by atoms with E-state index in [9.17, 15) is 9.90 Å². The van der Waals surface area contributed by atoms with Gasteiger partial charge in [0.2, 0.25) is 0 Å². The summed E-state index contributed by atoms with van der Waals surface area (Å²) in [5, 5.41) is 10.2. The maximum absolute atomic E-state index is 13.2. The molecule has 0 unspecified atom stereocenters. The van der Waals surface area contributed by atoms with Crippen molar-refractivity contribution < 1.29 is 14.3 Å². The van der Waals surface area contributed by atoms with E-state index in [1.807, 2.05) is 6.92 Å². The SMILES string of the molecule is [B]c1c(N)c([B])c2oc(CC)c(C(=O)c3cc(Br)c(O)c(Br)c3)c2c1[B]. The maximum Gasteiger partial charge on any atom is 0.197 e. The summed E-state index contributed by atoms with van der Waals surface area (Å²) in [5.41, 5.74) is 7.26. The van der Waals surface area contributed by atoms with Crippen molar-refractivity contribution in [2.45, 2.75) is 13.3 Å². The number of aromatic hydroxyl groups is 1. The summed E-state index contributed by atoms with van der Waals surface area (Å²) < 4.78 is 6.53. The molecule has 1 heterocycles. The maximum atomic E-state index is 13.2. The van der Waals surface area contributed by atoms with Crippen LogP contribution in [-0.4, -0.2) is 34.4 Å². The van der Waals surface area contributed by atoms with Gasteiger partial charge in [-0.3, -0.25) is 4.79 Å². The fraction of sp³-hybridized carbons (Fsp3) is 0.118. The average Bonchev–Trinajstić information content (AvgIpc) is 3.01. The summed E-state index contributed by atoms with van der Waals surface area (Å²) in [6, 6.07) is 3.03. The predicted molar refractivity (Wildman–Crippen MR) is 113 cm³/mol. The van der Waals surface area contributed by atoms with E-state index in [0.717, 1.165) is 0 Å². The summed E-state index contributed by atoms with van der Waals surface area (Å²) in [5.74, 6) is 0.0843. The Bertz CT molecular complexity index is 1060. The number of rotatable bonds is 3. The molecule has 4 nitrogen and oxygen atoms in total. The van der Waals surface area contributed by atoms with Crippen LogP contribution in [0.15, 0.2) is 25.5 Å². The topological polar surface area (TPSA) is 76.5 Å². The van der Waals surface area contributed by atoms with E-state index in [1.54, 1.807) is 0 Å². The molecule has 26 heavy (non-hydrogen) atoms. The Morgan fingerprint density at radius 3 is 2.27 bits per heavy atom. The number of anilines is 1. The number of carbonyl (C=O) groups excluding carboxylic acids is 1. The molecule has 2 aromatic carbocycles. The van der Waals surface area contributed by atoms with Gasteiger partial charge in [-0.15, -0.1) is 0 Å². The Balaban J connectivity index is 2.36. The Morgan fingerprint density at radius 1 is 1.15 bits per heavy atom. The normalized spacial score (nSPS) is 11.2. The first kappa shape index (κ1) is 19.2. The lowest BCUT2D eigenvalue weighted by atomic mass is 9.72. The Labute approximate surface area is 171 Å². The Kier molecular flexibility index (Phi) is 5.05. The molecule has 0 bridgehead atoms. The van der Waals surface area contributed by atoms with Gasteiger partial charge in [0, 0.05) is 23.1 Å².